The van der Waals surface area contributed by atoms with Gasteiger partial charge in [-0.05, 0) is 24.8 Å². The van der Waals surface area contributed by atoms with E-state index in [0.29, 0.717) is 11.9 Å². The highest BCUT2D eigenvalue weighted by atomic mass is 16.2. The van der Waals surface area contributed by atoms with Crippen molar-refractivity contribution in [3.63, 3.8) is 0 Å². The summed E-state index contributed by atoms with van der Waals surface area (Å²) in [6.45, 7) is 0. The fourth-order valence-electron chi connectivity index (χ4n) is 2.19. The number of hydrogen-bond acceptors (Lipinski definition) is 1. The highest BCUT2D eigenvalue weighted by molar-refractivity contribution is 5.77. The third kappa shape index (κ3) is 2.38. The standard InChI is InChI=1S/C13H17NO/c1-14-12(8-5-9-13(14)15)10-11-6-3-2-4-7-11/h2-4,6-7,12H,5,8-10H2,1H3. The number of rotatable bonds is 2. The molecule has 1 aliphatic heterocycles. The van der Waals surface area contributed by atoms with E-state index in [1.807, 2.05) is 18.0 Å². The Morgan fingerprint density at radius 2 is 2.07 bits per heavy atom. The van der Waals surface area contributed by atoms with Crippen molar-refractivity contribution in [3.8, 4) is 0 Å². The molecule has 1 saturated heterocycles. The number of likely N-dealkylation sites (N-methyl/N-ethyl adjacent to an activating group) is 1. The van der Waals surface area contributed by atoms with Gasteiger partial charge in [-0.15, -0.1) is 0 Å². The Morgan fingerprint density at radius 1 is 1.33 bits per heavy atom. The number of amides is 1. The Morgan fingerprint density at radius 3 is 2.80 bits per heavy atom. The zero-order valence-corrected chi connectivity index (χ0v) is 9.15. The number of likely N-dealkylation sites (tertiary alicyclic amines) is 1. The van der Waals surface area contributed by atoms with E-state index in [-0.39, 0.29) is 0 Å². The Kier molecular flexibility index (Phi) is 3.05. The summed E-state index contributed by atoms with van der Waals surface area (Å²) in [6.07, 6.45) is 3.89. The first-order chi connectivity index (χ1) is 7.27. The Bertz CT molecular complexity index is 334. The van der Waals surface area contributed by atoms with Gasteiger partial charge in [0, 0.05) is 19.5 Å². The van der Waals surface area contributed by atoms with Crippen LogP contribution in [-0.2, 0) is 11.2 Å². The molecule has 0 spiro atoms. The lowest BCUT2D eigenvalue weighted by molar-refractivity contribution is -0.134. The third-order valence-corrected chi connectivity index (χ3v) is 3.18. The minimum atomic E-state index is 0.294. The molecule has 0 radical (unpaired) electrons. The van der Waals surface area contributed by atoms with Gasteiger partial charge >= 0.3 is 0 Å². The van der Waals surface area contributed by atoms with Gasteiger partial charge in [0.1, 0.15) is 0 Å². The summed E-state index contributed by atoms with van der Waals surface area (Å²) >= 11 is 0. The number of benzene rings is 1. The summed E-state index contributed by atoms with van der Waals surface area (Å²) in [4.78, 5) is 13.4. The highest BCUT2D eigenvalue weighted by Crippen LogP contribution is 2.19. The molecule has 0 saturated carbocycles. The second kappa shape index (κ2) is 4.47. The molecule has 0 aliphatic carbocycles. The van der Waals surface area contributed by atoms with Crippen molar-refractivity contribution in [1.82, 2.24) is 4.90 Å². The minimum absolute atomic E-state index is 0.294. The summed E-state index contributed by atoms with van der Waals surface area (Å²) in [6, 6.07) is 10.8. The van der Waals surface area contributed by atoms with Crippen LogP contribution in [0.3, 0.4) is 0 Å². The monoisotopic (exact) mass is 203 g/mol. The van der Waals surface area contributed by atoms with Crippen LogP contribution >= 0.6 is 0 Å². The molecule has 2 rings (SSSR count). The third-order valence-electron chi connectivity index (χ3n) is 3.18. The molecule has 0 aromatic heterocycles. The van der Waals surface area contributed by atoms with E-state index in [1.54, 1.807) is 0 Å². The van der Waals surface area contributed by atoms with Crippen molar-refractivity contribution in [3.05, 3.63) is 35.9 Å². The van der Waals surface area contributed by atoms with Gasteiger partial charge in [0.05, 0.1) is 0 Å². The average Bonchev–Trinajstić information content (AvgIpc) is 2.26. The zero-order valence-electron chi connectivity index (χ0n) is 9.15. The van der Waals surface area contributed by atoms with Gasteiger partial charge in [0.2, 0.25) is 5.91 Å². The largest absolute Gasteiger partial charge is 0.342 e. The maximum Gasteiger partial charge on any atom is 0.222 e. The first-order valence-electron chi connectivity index (χ1n) is 5.57. The van der Waals surface area contributed by atoms with Crippen molar-refractivity contribution in [2.75, 3.05) is 7.05 Å². The SMILES string of the molecule is CN1C(=O)CCCC1Cc1ccccc1. The van der Waals surface area contributed by atoms with Gasteiger partial charge in [-0.2, -0.15) is 0 Å². The summed E-state index contributed by atoms with van der Waals surface area (Å²) in [7, 11) is 1.93. The number of piperidine rings is 1. The number of nitrogens with zero attached hydrogens (tertiary/aromatic N) is 1. The molecule has 0 bridgehead atoms. The Balaban J connectivity index is 2.02. The second-order valence-electron chi connectivity index (χ2n) is 4.24. The molecule has 2 nitrogen and oxygen atoms in total. The van der Waals surface area contributed by atoms with Crippen molar-refractivity contribution in [1.29, 1.82) is 0 Å². The minimum Gasteiger partial charge on any atom is -0.342 e. The van der Waals surface area contributed by atoms with Crippen LogP contribution in [0.4, 0.5) is 0 Å². The molecule has 1 unspecified atom stereocenters. The van der Waals surface area contributed by atoms with E-state index < -0.39 is 0 Å². The molecule has 15 heavy (non-hydrogen) atoms. The first-order valence-corrected chi connectivity index (χ1v) is 5.57. The normalized spacial score (nSPS) is 21.8. The van der Waals surface area contributed by atoms with Crippen molar-refractivity contribution in [2.24, 2.45) is 0 Å². The van der Waals surface area contributed by atoms with E-state index in [2.05, 4.69) is 24.3 Å². The molecule has 1 fully saturated rings. The molecule has 2 heteroatoms. The van der Waals surface area contributed by atoms with Crippen LogP contribution < -0.4 is 0 Å². The maximum absolute atomic E-state index is 11.5. The first kappa shape index (κ1) is 10.2. The van der Waals surface area contributed by atoms with Crippen molar-refractivity contribution < 1.29 is 4.79 Å². The van der Waals surface area contributed by atoms with Crippen LogP contribution in [0, 0.1) is 0 Å². The van der Waals surface area contributed by atoms with E-state index >= 15 is 0 Å². The fourth-order valence-corrected chi connectivity index (χ4v) is 2.19. The van der Waals surface area contributed by atoms with Gasteiger partial charge in [-0.1, -0.05) is 30.3 Å². The second-order valence-corrected chi connectivity index (χ2v) is 4.24. The van der Waals surface area contributed by atoms with Gasteiger partial charge in [-0.3, -0.25) is 4.79 Å². The molecule has 1 amide bonds. The van der Waals surface area contributed by atoms with Gasteiger partial charge in [0.25, 0.3) is 0 Å². The van der Waals surface area contributed by atoms with Crippen LogP contribution in [0.2, 0.25) is 0 Å². The molecule has 80 valence electrons. The van der Waals surface area contributed by atoms with Crippen LogP contribution in [0.15, 0.2) is 30.3 Å². The van der Waals surface area contributed by atoms with Crippen LogP contribution in [0.25, 0.3) is 0 Å². The molecule has 0 N–H and O–H groups in total. The lowest BCUT2D eigenvalue weighted by atomic mass is 9.96. The molecule has 1 aliphatic rings. The number of carbonyl (C=O) groups is 1. The van der Waals surface area contributed by atoms with Crippen molar-refractivity contribution in [2.45, 2.75) is 31.7 Å². The lowest BCUT2D eigenvalue weighted by Crippen LogP contribution is -2.41. The topological polar surface area (TPSA) is 20.3 Å². The number of hydrogen-bond donors (Lipinski definition) is 0. The summed E-state index contributed by atoms with van der Waals surface area (Å²) in [5.74, 6) is 0.294. The van der Waals surface area contributed by atoms with E-state index in [9.17, 15) is 4.79 Å². The average molecular weight is 203 g/mol. The molecule has 1 heterocycles. The van der Waals surface area contributed by atoms with E-state index in [1.165, 1.54) is 5.56 Å². The van der Waals surface area contributed by atoms with Gasteiger partial charge in [-0.25, -0.2) is 0 Å². The quantitative estimate of drug-likeness (QED) is 0.722. The van der Waals surface area contributed by atoms with Gasteiger partial charge < -0.3 is 4.90 Å². The van der Waals surface area contributed by atoms with Crippen LogP contribution in [0.1, 0.15) is 24.8 Å². The Hall–Kier alpha value is -1.31. The Labute approximate surface area is 90.9 Å². The highest BCUT2D eigenvalue weighted by Gasteiger charge is 2.24. The predicted octanol–water partition coefficient (Wildman–Crippen LogP) is 2.24. The zero-order chi connectivity index (χ0) is 10.7. The lowest BCUT2D eigenvalue weighted by Gasteiger charge is -2.32. The molecule has 1 atom stereocenters. The van der Waals surface area contributed by atoms with Crippen LogP contribution in [0.5, 0.6) is 0 Å². The molecular weight excluding hydrogens is 186 g/mol. The van der Waals surface area contributed by atoms with Gasteiger partial charge in [0.15, 0.2) is 0 Å². The van der Waals surface area contributed by atoms with E-state index in [4.69, 9.17) is 0 Å². The molecule has 1 aromatic carbocycles. The fraction of sp³-hybridized carbons (Fsp3) is 0.462. The van der Waals surface area contributed by atoms with Crippen molar-refractivity contribution >= 4 is 5.91 Å². The van der Waals surface area contributed by atoms with Crippen LogP contribution in [-0.4, -0.2) is 23.9 Å². The predicted molar refractivity (Wildman–Crippen MR) is 60.6 cm³/mol. The molecule has 1 aromatic rings. The number of carbonyl (C=O) groups excluding carboxylic acids is 1. The van der Waals surface area contributed by atoms with E-state index in [0.717, 1.165) is 25.7 Å². The maximum atomic E-state index is 11.5. The smallest absolute Gasteiger partial charge is 0.222 e. The molecular formula is C13H17NO. The summed E-state index contributed by atoms with van der Waals surface area (Å²) < 4.78 is 0. The summed E-state index contributed by atoms with van der Waals surface area (Å²) in [5, 5.41) is 0. The summed E-state index contributed by atoms with van der Waals surface area (Å²) in [5.41, 5.74) is 1.32.